The van der Waals surface area contributed by atoms with Gasteiger partial charge in [0.05, 0.1) is 6.07 Å². The minimum atomic E-state index is -0.00382. The molecular weight excluding hydrogens is 252 g/mol. The molecule has 1 aliphatic heterocycles. The third-order valence-corrected chi connectivity index (χ3v) is 4.35. The molecular formula is C16H19N2O2+. The third-order valence-electron chi connectivity index (χ3n) is 4.35. The van der Waals surface area contributed by atoms with Crippen LogP contribution in [0.3, 0.4) is 0 Å². The van der Waals surface area contributed by atoms with Gasteiger partial charge in [-0.05, 0) is 24.1 Å². The number of nitrogens with zero attached hydrogens (tertiary/aromatic N) is 1. The lowest BCUT2D eigenvalue weighted by atomic mass is 9.95. The summed E-state index contributed by atoms with van der Waals surface area (Å²) >= 11 is 0. The number of phenols is 1. The van der Waals surface area contributed by atoms with E-state index in [-0.39, 0.29) is 17.7 Å². The molecule has 0 radical (unpaired) electrons. The number of carbonyl (C=O) groups excluding carboxylic acids is 1. The van der Waals surface area contributed by atoms with Crippen LogP contribution >= 0.6 is 0 Å². The van der Waals surface area contributed by atoms with Gasteiger partial charge in [-0.15, -0.1) is 0 Å². The monoisotopic (exact) mass is 271 g/mol. The highest BCUT2D eigenvalue weighted by molar-refractivity contribution is 6.00. The van der Waals surface area contributed by atoms with Gasteiger partial charge in [-0.3, -0.25) is 4.79 Å². The Bertz CT molecular complexity index is 709. The van der Waals surface area contributed by atoms with Crippen LogP contribution in [0, 0.1) is 5.92 Å². The van der Waals surface area contributed by atoms with Gasteiger partial charge in [-0.25, -0.2) is 0 Å². The van der Waals surface area contributed by atoms with Crippen LogP contribution in [0.25, 0.3) is 10.9 Å². The highest BCUT2D eigenvalue weighted by Crippen LogP contribution is 2.32. The SMILES string of the molecule is CCC(C)C1NC(=O)c2cc3ccc(O)cc3[n+](C)c21. The second-order valence-corrected chi connectivity index (χ2v) is 5.58. The number of carbonyl (C=O) groups is 1. The lowest BCUT2D eigenvalue weighted by Crippen LogP contribution is -2.38. The molecule has 1 aromatic carbocycles. The number of amides is 1. The number of hydrogen-bond acceptors (Lipinski definition) is 2. The van der Waals surface area contributed by atoms with Crippen molar-refractivity contribution in [1.29, 1.82) is 0 Å². The van der Waals surface area contributed by atoms with Gasteiger partial charge in [0.25, 0.3) is 5.91 Å². The number of fused-ring (bicyclic) bond motifs is 2. The molecule has 2 heterocycles. The molecule has 4 heteroatoms. The van der Waals surface area contributed by atoms with Crippen molar-refractivity contribution in [3.05, 3.63) is 35.5 Å². The molecule has 0 spiro atoms. The second-order valence-electron chi connectivity index (χ2n) is 5.58. The first-order valence-electron chi connectivity index (χ1n) is 6.99. The average molecular weight is 271 g/mol. The Morgan fingerprint density at radius 2 is 2.15 bits per heavy atom. The smallest absolute Gasteiger partial charge is 0.258 e. The maximum atomic E-state index is 12.2. The van der Waals surface area contributed by atoms with E-state index < -0.39 is 0 Å². The molecule has 1 aromatic heterocycles. The molecule has 0 saturated carbocycles. The van der Waals surface area contributed by atoms with Crippen LogP contribution in [0.1, 0.15) is 42.4 Å². The van der Waals surface area contributed by atoms with Gasteiger partial charge in [0.1, 0.15) is 24.4 Å². The Morgan fingerprint density at radius 1 is 1.40 bits per heavy atom. The Hall–Kier alpha value is -2.10. The number of aromatic hydroxyl groups is 1. The van der Waals surface area contributed by atoms with Crippen LogP contribution in [0.15, 0.2) is 24.3 Å². The predicted octanol–water partition coefficient (Wildman–Crippen LogP) is 2.20. The van der Waals surface area contributed by atoms with E-state index in [1.807, 2.05) is 23.7 Å². The summed E-state index contributed by atoms with van der Waals surface area (Å²) in [6, 6.07) is 7.19. The summed E-state index contributed by atoms with van der Waals surface area (Å²) in [5.74, 6) is 0.613. The van der Waals surface area contributed by atoms with Gasteiger partial charge < -0.3 is 10.4 Å². The number of nitrogens with one attached hydrogen (secondary N) is 1. The van der Waals surface area contributed by atoms with Crippen LogP contribution in [0.4, 0.5) is 0 Å². The lowest BCUT2D eigenvalue weighted by Gasteiger charge is -2.16. The van der Waals surface area contributed by atoms with E-state index in [0.717, 1.165) is 28.6 Å². The molecule has 3 rings (SSSR count). The summed E-state index contributed by atoms with van der Waals surface area (Å²) in [7, 11) is 1.95. The van der Waals surface area contributed by atoms with Crippen LogP contribution in [0.5, 0.6) is 5.75 Å². The first kappa shape index (κ1) is 12.9. The normalized spacial score (nSPS) is 18.9. The van der Waals surface area contributed by atoms with Crippen molar-refractivity contribution in [2.45, 2.75) is 26.3 Å². The zero-order chi connectivity index (χ0) is 14.4. The Kier molecular flexibility index (Phi) is 2.89. The molecule has 0 aliphatic carbocycles. The van der Waals surface area contributed by atoms with Crippen molar-refractivity contribution in [2.75, 3.05) is 0 Å². The highest BCUT2D eigenvalue weighted by atomic mass is 16.3. The number of aromatic nitrogens is 1. The molecule has 2 aromatic rings. The molecule has 0 bridgehead atoms. The van der Waals surface area contributed by atoms with Crippen LogP contribution in [-0.2, 0) is 7.05 Å². The third kappa shape index (κ3) is 1.75. The Labute approximate surface area is 118 Å². The molecule has 1 amide bonds. The van der Waals surface area contributed by atoms with Crippen molar-refractivity contribution < 1.29 is 14.5 Å². The number of pyridine rings is 1. The number of benzene rings is 1. The summed E-state index contributed by atoms with van der Waals surface area (Å²) in [4.78, 5) is 12.2. The van der Waals surface area contributed by atoms with Gasteiger partial charge in [-0.2, -0.15) is 4.57 Å². The van der Waals surface area contributed by atoms with Gasteiger partial charge in [0.2, 0.25) is 11.2 Å². The summed E-state index contributed by atoms with van der Waals surface area (Å²) < 4.78 is 2.03. The zero-order valence-corrected chi connectivity index (χ0v) is 12.0. The lowest BCUT2D eigenvalue weighted by molar-refractivity contribution is -0.654. The van der Waals surface area contributed by atoms with Crippen LogP contribution in [-0.4, -0.2) is 11.0 Å². The molecule has 4 nitrogen and oxygen atoms in total. The minimum Gasteiger partial charge on any atom is -0.508 e. The summed E-state index contributed by atoms with van der Waals surface area (Å²) in [6.07, 6.45) is 1.00. The number of hydrogen-bond donors (Lipinski definition) is 2. The van der Waals surface area contributed by atoms with Gasteiger partial charge >= 0.3 is 0 Å². The van der Waals surface area contributed by atoms with E-state index in [1.165, 1.54) is 0 Å². The standard InChI is InChI=1S/C16H18N2O2/c1-4-9(2)14-15-12(16(20)17-14)7-10-5-6-11(19)8-13(10)18(15)3/h5-9,14H,4H2,1-3H3,(H,17,20)/p+1. The van der Waals surface area contributed by atoms with Crippen molar-refractivity contribution in [3.8, 4) is 5.75 Å². The number of aryl methyl sites for hydroxylation is 1. The van der Waals surface area contributed by atoms with Crippen LogP contribution < -0.4 is 9.88 Å². The summed E-state index contributed by atoms with van der Waals surface area (Å²) in [5, 5.41) is 13.7. The Balaban J connectivity index is 2.29. The topological polar surface area (TPSA) is 53.2 Å². The van der Waals surface area contributed by atoms with Crippen molar-refractivity contribution in [2.24, 2.45) is 13.0 Å². The highest BCUT2D eigenvalue weighted by Gasteiger charge is 2.39. The fourth-order valence-corrected chi connectivity index (χ4v) is 2.98. The van der Waals surface area contributed by atoms with E-state index in [2.05, 4.69) is 19.2 Å². The van der Waals surface area contributed by atoms with Gasteiger partial charge in [0.15, 0.2) is 0 Å². The predicted molar refractivity (Wildman–Crippen MR) is 76.5 cm³/mol. The second kappa shape index (κ2) is 4.47. The van der Waals surface area contributed by atoms with E-state index >= 15 is 0 Å². The number of rotatable bonds is 2. The van der Waals surface area contributed by atoms with E-state index in [9.17, 15) is 9.90 Å². The maximum absolute atomic E-state index is 12.2. The Morgan fingerprint density at radius 3 is 2.85 bits per heavy atom. The first-order chi connectivity index (χ1) is 9.52. The fraction of sp³-hybridized carbons (Fsp3) is 0.375. The molecule has 104 valence electrons. The summed E-state index contributed by atoms with van der Waals surface area (Å²) in [5.41, 5.74) is 2.70. The molecule has 2 unspecified atom stereocenters. The van der Waals surface area contributed by atoms with Crippen molar-refractivity contribution >= 4 is 16.8 Å². The van der Waals surface area contributed by atoms with E-state index in [0.29, 0.717) is 5.92 Å². The maximum Gasteiger partial charge on any atom is 0.258 e. The average Bonchev–Trinajstić information content (AvgIpc) is 2.77. The quantitative estimate of drug-likeness (QED) is 0.823. The van der Waals surface area contributed by atoms with Crippen molar-refractivity contribution in [3.63, 3.8) is 0 Å². The largest absolute Gasteiger partial charge is 0.508 e. The molecule has 2 atom stereocenters. The minimum absolute atomic E-state index is 0.00382. The van der Waals surface area contributed by atoms with Crippen LogP contribution in [0.2, 0.25) is 0 Å². The zero-order valence-electron chi connectivity index (χ0n) is 12.0. The van der Waals surface area contributed by atoms with Gasteiger partial charge in [-0.1, -0.05) is 20.3 Å². The molecule has 0 saturated heterocycles. The fourth-order valence-electron chi connectivity index (χ4n) is 2.98. The van der Waals surface area contributed by atoms with Crippen molar-refractivity contribution in [1.82, 2.24) is 5.32 Å². The van der Waals surface area contributed by atoms with E-state index in [1.54, 1.807) is 12.1 Å². The first-order valence-corrected chi connectivity index (χ1v) is 6.99. The van der Waals surface area contributed by atoms with Gasteiger partial charge in [0, 0.05) is 5.39 Å². The van der Waals surface area contributed by atoms with E-state index in [4.69, 9.17) is 0 Å². The molecule has 2 N–H and O–H groups in total. The number of phenolic OH excluding ortho intramolecular Hbond substituents is 1. The molecule has 20 heavy (non-hydrogen) atoms. The molecule has 0 fully saturated rings. The summed E-state index contributed by atoms with van der Waals surface area (Å²) in [6.45, 7) is 4.27. The molecule has 1 aliphatic rings.